The first kappa shape index (κ1) is 10.6. The zero-order valence-corrected chi connectivity index (χ0v) is 10.3. The Morgan fingerprint density at radius 1 is 1.44 bits per heavy atom. The molecule has 1 spiro atoms. The molecule has 3 heteroatoms. The molecule has 1 saturated carbocycles. The van der Waals surface area contributed by atoms with Crippen LogP contribution in [-0.4, -0.2) is 42.8 Å². The lowest BCUT2D eigenvalue weighted by Crippen LogP contribution is -2.80. The molecular weight excluding hydrogens is 198 g/mol. The van der Waals surface area contributed by atoms with Crippen LogP contribution in [0.25, 0.3) is 0 Å². The molecule has 0 bridgehead atoms. The van der Waals surface area contributed by atoms with Crippen LogP contribution in [0.2, 0.25) is 0 Å². The molecule has 1 aliphatic heterocycles. The summed E-state index contributed by atoms with van der Waals surface area (Å²) >= 11 is 0. The van der Waals surface area contributed by atoms with E-state index in [0.717, 1.165) is 13.0 Å². The molecule has 0 radical (unpaired) electrons. The fraction of sp³-hybridized carbons (Fsp3) is 0.846. The van der Waals surface area contributed by atoms with Gasteiger partial charge in [0.05, 0.1) is 5.66 Å². The highest BCUT2D eigenvalue weighted by Crippen LogP contribution is 2.40. The first-order valence-electron chi connectivity index (χ1n) is 6.40. The number of piperazine rings is 1. The van der Waals surface area contributed by atoms with Crippen LogP contribution < -0.4 is 10.6 Å². The highest BCUT2D eigenvalue weighted by molar-refractivity contribution is 5.35. The van der Waals surface area contributed by atoms with Crippen molar-refractivity contribution in [1.82, 2.24) is 15.5 Å². The third-order valence-corrected chi connectivity index (χ3v) is 4.89. The lowest BCUT2D eigenvalue weighted by Gasteiger charge is -2.61. The lowest BCUT2D eigenvalue weighted by molar-refractivity contribution is -0.0723. The number of rotatable bonds is 1. The fourth-order valence-electron chi connectivity index (χ4n) is 3.69. The van der Waals surface area contributed by atoms with Crippen LogP contribution in [0, 0.1) is 11.8 Å². The second kappa shape index (κ2) is 3.46. The molecule has 3 unspecified atom stereocenters. The molecule has 1 saturated heterocycles. The predicted octanol–water partition coefficient (Wildman–Crippen LogP) is 0.526. The summed E-state index contributed by atoms with van der Waals surface area (Å²) in [5, 5.41) is 7.32. The van der Waals surface area contributed by atoms with Crippen LogP contribution >= 0.6 is 0 Å². The summed E-state index contributed by atoms with van der Waals surface area (Å²) in [4.78, 5) is 2.52. The van der Waals surface area contributed by atoms with Crippen molar-refractivity contribution in [2.75, 3.05) is 20.6 Å². The molecule has 1 heterocycles. The molecule has 3 rings (SSSR count). The molecule has 2 N–H and O–H groups in total. The molecule has 3 atom stereocenters. The van der Waals surface area contributed by atoms with Gasteiger partial charge in [-0.1, -0.05) is 24.7 Å². The van der Waals surface area contributed by atoms with E-state index >= 15 is 0 Å². The molecule has 0 amide bonds. The smallest absolute Gasteiger partial charge is 0.107 e. The van der Waals surface area contributed by atoms with Crippen molar-refractivity contribution in [1.29, 1.82) is 0 Å². The molecule has 2 fully saturated rings. The van der Waals surface area contributed by atoms with E-state index in [1.54, 1.807) is 0 Å². The normalized spacial score (nSPS) is 46.8. The maximum Gasteiger partial charge on any atom is 0.107 e. The zero-order valence-electron chi connectivity index (χ0n) is 10.3. The Labute approximate surface area is 98.0 Å². The molecule has 0 aromatic rings. The van der Waals surface area contributed by atoms with Gasteiger partial charge in [0, 0.05) is 19.0 Å². The van der Waals surface area contributed by atoms with E-state index in [9.17, 15) is 0 Å². The molecule has 0 aromatic carbocycles. The van der Waals surface area contributed by atoms with E-state index in [2.05, 4.69) is 41.5 Å². The topological polar surface area (TPSA) is 27.3 Å². The maximum atomic E-state index is 3.73. The highest BCUT2D eigenvalue weighted by atomic mass is 15.4. The Hall–Kier alpha value is -0.560. The number of nitrogens with zero attached hydrogens (tertiary/aromatic N) is 1. The van der Waals surface area contributed by atoms with E-state index in [0.29, 0.717) is 6.04 Å². The number of likely N-dealkylation sites (N-methyl/N-ethyl adjacent to an activating group) is 2. The molecule has 2 aliphatic carbocycles. The SMILES string of the molecule is CNC12CCCCC1NCC1(C#CC1)N2C. The first-order chi connectivity index (χ1) is 7.73. The number of nitrogens with one attached hydrogen (secondary N) is 2. The van der Waals surface area contributed by atoms with Gasteiger partial charge in [0.15, 0.2) is 0 Å². The van der Waals surface area contributed by atoms with Crippen molar-refractivity contribution in [3.63, 3.8) is 0 Å². The van der Waals surface area contributed by atoms with Gasteiger partial charge in [-0.2, -0.15) is 0 Å². The molecule has 16 heavy (non-hydrogen) atoms. The van der Waals surface area contributed by atoms with Crippen molar-refractivity contribution >= 4 is 0 Å². The van der Waals surface area contributed by atoms with Gasteiger partial charge in [-0.05, 0) is 26.9 Å². The maximum absolute atomic E-state index is 3.73. The highest BCUT2D eigenvalue weighted by Gasteiger charge is 2.55. The van der Waals surface area contributed by atoms with Gasteiger partial charge in [-0.15, -0.1) is 0 Å². The van der Waals surface area contributed by atoms with Crippen molar-refractivity contribution in [3.8, 4) is 11.8 Å². The van der Waals surface area contributed by atoms with Gasteiger partial charge in [-0.25, -0.2) is 0 Å². The average molecular weight is 219 g/mol. The Kier molecular flexibility index (Phi) is 2.29. The average Bonchev–Trinajstić information content (AvgIpc) is 2.28. The minimum Gasteiger partial charge on any atom is -0.308 e. The van der Waals surface area contributed by atoms with Crippen LogP contribution in [0.15, 0.2) is 0 Å². The van der Waals surface area contributed by atoms with Crippen LogP contribution in [0.1, 0.15) is 32.1 Å². The minimum absolute atomic E-state index is 0.108. The Balaban J connectivity index is 1.94. The summed E-state index contributed by atoms with van der Waals surface area (Å²) in [6.45, 7) is 1.03. The third kappa shape index (κ3) is 1.15. The Morgan fingerprint density at radius 3 is 2.88 bits per heavy atom. The number of hydrogen-bond donors (Lipinski definition) is 2. The summed E-state index contributed by atoms with van der Waals surface area (Å²) in [6.07, 6.45) is 6.23. The van der Waals surface area contributed by atoms with Crippen LogP contribution in [0.4, 0.5) is 0 Å². The van der Waals surface area contributed by atoms with E-state index in [4.69, 9.17) is 0 Å². The van der Waals surface area contributed by atoms with Crippen LogP contribution in [-0.2, 0) is 0 Å². The van der Waals surface area contributed by atoms with E-state index in [-0.39, 0.29) is 11.2 Å². The quantitative estimate of drug-likeness (QED) is 0.630. The summed E-state index contributed by atoms with van der Waals surface area (Å²) in [6, 6.07) is 0.587. The molecule has 0 aromatic heterocycles. The predicted molar refractivity (Wildman–Crippen MR) is 64.9 cm³/mol. The summed E-state index contributed by atoms with van der Waals surface area (Å²) in [5.74, 6) is 6.56. The second-order valence-electron chi connectivity index (χ2n) is 5.42. The van der Waals surface area contributed by atoms with Gasteiger partial charge in [0.2, 0.25) is 0 Å². The van der Waals surface area contributed by atoms with Crippen molar-refractivity contribution in [2.45, 2.75) is 49.3 Å². The zero-order chi connectivity index (χ0) is 11.2. The van der Waals surface area contributed by atoms with Gasteiger partial charge in [0.1, 0.15) is 5.54 Å². The Bertz CT molecular complexity index is 356. The van der Waals surface area contributed by atoms with Crippen molar-refractivity contribution < 1.29 is 0 Å². The van der Waals surface area contributed by atoms with Gasteiger partial charge in [0.25, 0.3) is 0 Å². The van der Waals surface area contributed by atoms with Crippen LogP contribution in [0.3, 0.4) is 0 Å². The van der Waals surface area contributed by atoms with E-state index in [1.807, 2.05) is 0 Å². The molecule has 3 aliphatic rings. The van der Waals surface area contributed by atoms with Gasteiger partial charge < -0.3 is 10.6 Å². The van der Waals surface area contributed by atoms with Crippen molar-refractivity contribution in [3.05, 3.63) is 0 Å². The van der Waals surface area contributed by atoms with Crippen LogP contribution in [0.5, 0.6) is 0 Å². The first-order valence-corrected chi connectivity index (χ1v) is 6.40. The third-order valence-electron chi connectivity index (χ3n) is 4.89. The van der Waals surface area contributed by atoms with Crippen molar-refractivity contribution in [2.24, 2.45) is 0 Å². The van der Waals surface area contributed by atoms with Gasteiger partial charge >= 0.3 is 0 Å². The molecular formula is C13H21N3. The summed E-state index contributed by atoms with van der Waals surface area (Å²) in [5.41, 5.74) is 0.239. The minimum atomic E-state index is 0.108. The number of hydrogen-bond acceptors (Lipinski definition) is 3. The Morgan fingerprint density at radius 2 is 2.25 bits per heavy atom. The van der Waals surface area contributed by atoms with Gasteiger partial charge in [-0.3, -0.25) is 4.90 Å². The monoisotopic (exact) mass is 219 g/mol. The second-order valence-corrected chi connectivity index (χ2v) is 5.42. The molecule has 88 valence electrons. The van der Waals surface area contributed by atoms with E-state index in [1.165, 1.54) is 25.7 Å². The van der Waals surface area contributed by atoms with E-state index < -0.39 is 0 Å². The largest absolute Gasteiger partial charge is 0.308 e. The summed E-state index contributed by atoms with van der Waals surface area (Å²) in [7, 11) is 4.35. The summed E-state index contributed by atoms with van der Waals surface area (Å²) < 4.78 is 0. The standard InChI is InChI=1S/C13H21N3/c1-14-13-9-4-3-6-11(13)15-10-12(16(13)2)7-5-8-12/h11,14-15H,3-4,6-7,9-10H2,1-2H3. The fourth-order valence-corrected chi connectivity index (χ4v) is 3.69. The lowest BCUT2D eigenvalue weighted by atomic mass is 9.74. The molecule has 3 nitrogen and oxygen atoms in total. The number of fused-ring (bicyclic) bond motifs is 1.